The molecule has 0 aliphatic carbocycles. The van der Waals surface area contributed by atoms with E-state index in [1.165, 1.54) is 6.07 Å². The van der Waals surface area contributed by atoms with Gasteiger partial charge in [0, 0.05) is 10.6 Å². The molecule has 0 radical (unpaired) electrons. The number of benzene rings is 1. The minimum absolute atomic E-state index is 0.0883. The zero-order valence-electron chi connectivity index (χ0n) is 7.67. The standard InChI is InChI=1S/C9H8Cl2N2O2/c10-7-2-1-6(5-8(7)11)9(12)3-4-13(14)15/h1-2,5,12H,3-4H2. The van der Waals surface area contributed by atoms with Crippen LogP contribution in [0, 0.1) is 15.5 Å². The van der Waals surface area contributed by atoms with Gasteiger partial charge in [-0.15, -0.1) is 0 Å². The number of nitrogens with one attached hydrogen (secondary N) is 1. The molecule has 0 amide bonds. The lowest BCUT2D eigenvalue weighted by Crippen LogP contribution is -2.08. The van der Waals surface area contributed by atoms with E-state index in [0.717, 1.165) is 0 Å². The summed E-state index contributed by atoms with van der Waals surface area (Å²) in [5.41, 5.74) is 0.747. The molecule has 1 aromatic rings. The first-order chi connectivity index (χ1) is 7.00. The highest BCUT2D eigenvalue weighted by atomic mass is 35.5. The van der Waals surface area contributed by atoms with Crippen LogP contribution in [0.15, 0.2) is 18.2 Å². The zero-order chi connectivity index (χ0) is 11.4. The van der Waals surface area contributed by atoms with Gasteiger partial charge in [0.2, 0.25) is 6.54 Å². The molecule has 0 saturated heterocycles. The second-order valence-electron chi connectivity index (χ2n) is 2.91. The molecule has 15 heavy (non-hydrogen) atoms. The van der Waals surface area contributed by atoms with Gasteiger partial charge in [-0.05, 0) is 17.7 Å². The molecule has 6 heteroatoms. The quantitative estimate of drug-likeness (QED) is 0.504. The monoisotopic (exact) mass is 246 g/mol. The molecule has 0 atom stereocenters. The van der Waals surface area contributed by atoms with Crippen LogP contribution in [0.2, 0.25) is 10.0 Å². The first-order valence-corrected chi connectivity index (χ1v) is 4.91. The van der Waals surface area contributed by atoms with E-state index in [0.29, 0.717) is 15.6 Å². The molecule has 0 aliphatic heterocycles. The maximum absolute atomic E-state index is 10.1. The Hall–Kier alpha value is -1.13. The van der Waals surface area contributed by atoms with Crippen molar-refractivity contribution in [2.45, 2.75) is 6.42 Å². The fourth-order valence-corrected chi connectivity index (χ4v) is 1.33. The summed E-state index contributed by atoms with van der Waals surface area (Å²) in [5, 5.41) is 18.5. The lowest BCUT2D eigenvalue weighted by Gasteiger charge is -2.03. The lowest BCUT2D eigenvalue weighted by atomic mass is 10.1. The second-order valence-corrected chi connectivity index (χ2v) is 3.73. The highest BCUT2D eigenvalue weighted by Gasteiger charge is 2.07. The molecule has 0 bridgehead atoms. The maximum Gasteiger partial charge on any atom is 0.209 e. The summed E-state index contributed by atoms with van der Waals surface area (Å²) in [4.78, 5) is 9.67. The van der Waals surface area contributed by atoms with Crippen LogP contribution in [0.25, 0.3) is 0 Å². The summed E-state index contributed by atoms with van der Waals surface area (Å²) >= 11 is 11.5. The van der Waals surface area contributed by atoms with Crippen LogP contribution in [-0.4, -0.2) is 17.2 Å². The van der Waals surface area contributed by atoms with Crippen LogP contribution in [-0.2, 0) is 0 Å². The smallest absolute Gasteiger partial charge is 0.209 e. The molecular formula is C9H8Cl2N2O2. The number of hydrogen-bond donors (Lipinski definition) is 1. The third-order valence-electron chi connectivity index (χ3n) is 1.81. The molecule has 0 heterocycles. The first-order valence-electron chi connectivity index (χ1n) is 4.15. The molecule has 1 N–H and O–H groups in total. The fourth-order valence-electron chi connectivity index (χ4n) is 1.03. The van der Waals surface area contributed by atoms with Gasteiger partial charge in [0.05, 0.1) is 16.5 Å². The molecule has 1 aromatic carbocycles. The predicted molar refractivity (Wildman–Crippen MR) is 59.8 cm³/mol. The zero-order valence-corrected chi connectivity index (χ0v) is 9.18. The van der Waals surface area contributed by atoms with Crippen LogP contribution in [0.4, 0.5) is 0 Å². The van der Waals surface area contributed by atoms with Crippen molar-refractivity contribution in [3.8, 4) is 0 Å². The average Bonchev–Trinajstić information content (AvgIpc) is 2.18. The van der Waals surface area contributed by atoms with Gasteiger partial charge in [-0.3, -0.25) is 10.1 Å². The van der Waals surface area contributed by atoms with E-state index in [2.05, 4.69) is 0 Å². The highest BCUT2D eigenvalue weighted by molar-refractivity contribution is 6.42. The molecule has 0 spiro atoms. The van der Waals surface area contributed by atoms with Gasteiger partial charge in [0.15, 0.2) is 0 Å². The molecule has 0 saturated carbocycles. The van der Waals surface area contributed by atoms with Crippen molar-refractivity contribution in [3.63, 3.8) is 0 Å². The van der Waals surface area contributed by atoms with Crippen molar-refractivity contribution in [2.24, 2.45) is 0 Å². The van der Waals surface area contributed by atoms with E-state index in [1.54, 1.807) is 12.1 Å². The van der Waals surface area contributed by atoms with Crippen molar-refractivity contribution in [1.29, 1.82) is 5.41 Å². The largest absolute Gasteiger partial charge is 0.304 e. The average molecular weight is 247 g/mol. The summed E-state index contributed by atoms with van der Waals surface area (Å²) in [6.07, 6.45) is 0.0883. The Morgan fingerprint density at radius 3 is 2.60 bits per heavy atom. The number of hydrogen-bond acceptors (Lipinski definition) is 3. The number of nitro groups is 1. The summed E-state index contributed by atoms with van der Waals surface area (Å²) in [6.45, 7) is -0.251. The third kappa shape index (κ3) is 3.49. The van der Waals surface area contributed by atoms with E-state index in [1.807, 2.05) is 0 Å². The van der Waals surface area contributed by atoms with Gasteiger partial charge in [-0.25, -0.2) is 0 Å². The van der Waals surface area contributed by atoms with Crippen LogP contribution >= 0.6 is 23.2 Å². The summed E-state index contributed by atoms with van der Waals surface area (Å²) < 4.78 is 0. The first kappa shape index (κ1) is 11.9. The van der Waals surface area contributed by atoms with Gasteiger partial charge in [0.25, 0.3) is 0 Å². The molecule has 80 valence electrons. The summed E-state index contributed by atoms with van der Waals surface area (Å²) in [7, 11) is 0. The van der Waals surface area contributed by atoms with E-state index in [-0.39, 0.29) is 18.7 Å². The Balaban J connectivity index is 2.74. The van der Waals surface area contributed by atoms with E-state index in [4.69, 9.17) is 28.6 Å². The molecular weight excluding hydrogens is 239 g/mol. The van der Waals surface area contributed by atoms with Crippen molar-refractivity contribution >= 4 is 28.9 Å². The third-order valence-corrected chi connectivity index (χ3v) is 2.55. The minimum atomic E-state index is -0.452. The Kier molecular flexibility index (Phi) is 4.05. The molecule has 0 aliphatic rings. The normalized spacial score (nSPS) is 10.0. The topological polar surface area (TPSA) is 67.0 Å². The van der Waals surface area contributed by atoms with Crippen molar-refractivity contribution in [3.05, 3.63) is 43.9 Å². The maximum atomic E-state index is 10.1. The Bertz CT molecular complexity index is 407. The van der Waals surface area contributed by atoms with Crippen LogP contribution in [0.1, 0.15) is 12.0 Å². The molecule has 0 unspecified atom stereocenters. The number of halogens is 2. The Morgan fingerprint density at radius 2 is 2.07 bits per heavy atom. The highest BCUT2D eigenvalue weighted by Crippen LogP contribution is 2.23. The SMILES string of the molecule is N=C(CC[N+](=O)[O-])c1ccc(Cl)c(Cl)c1. The Morgan fingerprint density at radius 1 is 1.40 bits per heavy atom. The number of nitrogens with zero attached hydrogens (tertiary/aromatic N) is 1. The summed E-state index contributed by atoms with van der Waals surface area (Å²) in [6, 6.07) is 4.72. The van der Waals surface area contributed by atoms with Gasteiger partial charge in [-0.2, -0.15) is 0 Å². The fraction of sp³-hybridized carbons (Fsp3) is 0.222. The van der Waals surface area contributed by atoms with Crippen molar-refractivity contribution in [2.75, 3.05) is 6.54 Å². The van der Waals surface area contributed by atoms with E-state index < -0.39 is 4.92 Å². The van der Waals surface area contributed by atoms with Crippen LogP contribution in [0.3, 0.4) is 0 Å². The lowest BCUT2D eigenvalue weighted by molar-refractivity contribution is -0.478. The molecule has 0 aromatic heterocycles. The van der Waals surface area contributed by atoms with Crippen LogP contribution < -0.4 is 0 Å². The van der Waals surface area contributed by atoms with Gasteiger partial charge >= 0.3 is 0 Å². The van der Waals surface area contributed by atoms with Gasteiger partial charge in [-0.1, -0.05) is 29.3 Å². The number of rotatable bonds is 4. The van der Waals surface area contributed by atoms with Gasteiger partial charge in [0.1, 0.15) is 0 Å². The van der Waals surface area contributed by atoms with Crippen molar-refractivity contribution in [1.82, 2.24) is 0 Å². The van der Waals surface area contributed by atoms with Gasteiger partial charge < -0.3 is 5.41 Å². The van der Waals surface area contributed by atoms with E-state index in [9.17, 15) is 10.1 Å². The van der Waals surface area contributed by atoms with Crippen LogP contribution in [0.5, 0.6) is 0 Å². The summed E-state index contributed by atoms with van der Waals surface area (Å²) in [5.74, 6) is 0. The second kappa shape index (κ2) is 5.09. The molecule has 4 nitrogen and oxygen atoms in total. The minimum Gasteiger partial charge on any atom is -0.304 e. The van der Waals surface area contributed by atoms with Crippen molar-refractivity contribution < 1.29 is 4.92 Å². The Labute approximate surface area is 96.5 Å². The van der Waals surface area contributed by atoms with E-state index >= 15 is 0 Å². The predicted octanol–water partition coefficient (Wildman–Crippen LogP) is 3.03. The molecule has 1 rings (SSSR count). The molecule has 0 fully saturated rings.